The van der Waals surface area contributed by atoms with Crippen LogP contribution in [0.3, 0.4) is 0 Å². The van der Waals surface area contributed by atoms with Crippen molar-refractivity contribution < 1.29 is 0 Å². The number of nitrogens with two attached hydrogens (primary N) is 1. The maximum atomic E-state index is 5.87. The van der Waals surface area contributed by atoms with Crippen molar-refractivity contribution in [3.63, 3.8) is 0 Å². The van der Waals surface area contributed by atoms with Crippen LogP contribution in [0.1, 0.15) is 11.3 Å². The van der Waals surface area contributed by atoms with E-state index in [1.807, 2.05) is 12.1 Å². The third-order valence-electron chi connectivity index (χ3n) is 2.60. The number of hydrogen-bond acceptors (Lipinski definition) is 1. The second-order valence-electron chi connectivity index (χ2n) is 3.39. The zero-order chi connectivity index (χ0) is 8.84. The minimum atomic E-state index is 0.833. The average molecular weight is 170 g/mol. The first-order chi connectivity index (χ1) is 6.36. The standard InChI is InChI=1S/C11H10N2/c12-11-6-5-9-7-8-3-1-2-4-10(8)13(9)11/h1-6H,7,12H2. The predicted octanol–water partition coefficient (Wildman–Crippen LogP) is 1.96. The van der Waals surface area contributed by atoms with E-state index in [0.717, 1.165) is 12.2 Å². The highest BCUT2D eigenvalue weighted by molar-refractivity contribution is 5.57. The predicted molar refractivity (Wildman–Crippen MR) is 53.0 cm³/mol. The Morgan fingerprint density at radius 2 is 1.92 bits per heavy atom. The van der Waals surface area contributed by atoms with Gasteiger partial charge in [0, 0.05) is 12.1 Å². The van der Waals surface area contributed by atoms with Gasteiger partial charge in [0.05, 0.1) is 5.69 Å². The molecule has 0 aliphatic carbocycles. The Balaban J connectivity index is 2.35. The Bertz CT molecular complexity index is 469. The lowest BCUT2D eigenvalue weighted by molar-refractivity contribution is 1.06. The van der Waals surface area contributed by atoms with E-state index in [2.05, 4.69) is 28.8 Å². The van der Waals surface area contributed by atoms with Crippen LogP contribution in [-0.4, -0.2) is 4.57 Å². The van der Waals surface area contributed by atoms with E-state index < -0.39 is 0 Å². The van der Waals surface area contributed by atoms with Crippen LogP contribution in [0, 0.1) is 0 Å². The summed E-state index contributed by atoms with van der Waals surface area (Å²) >= 11 is 0. The Morgan fingerprint density at radius 1 is 1.08 bits per heavy atom. The van der Waals surface area contributed by atoms with E-state index in [1.165, 1.54) is 16.9 Å². The van der Waals surface area contributed by atoms with Gasteiger partial charge in [0.15, 0.2) is 0 Å². The molecule has 0 spiro atoms. The van der Waals surface area contributed by atoms with Crippen LogP contribution in [0.5, 0.6) is 0 Å². The first-order valence-corrected chi connectivity index (χ1v) is 4.40. The summed E-state index contributed by atoms with van der Waals surface area (Å²) in [4.78, 5) is 0. The van der Waals surface area contributed by atoms with Gasteiger partial charge in [0.25, 0.3) is 0 Å². The molecule has 2 heteroatoms. The van der Waals surface area contributed by atoms with Crippen LogP contribution in [0.2, 0.25) is 0 Å². The SMILES string of the molecule is Nc1ccc2n1-c1ccccc1C2. The molecular weight excluding hydrogens is 160 g/mol. The van der Waals surface area contributed by atoms with Gasteiger partial charge < -0.3 is 10.3 Å². The zero-order valence-electron chi connectivity index (χ0n) is 7.20. The summed E-state index contributed by atoms with van der Waals surface area (Å²) in [6.45, 7) is 0. The van der Waals surface area contributed by atoms with Crippen molar-refractivity contribution >= 4 is 5.82 Å². The van der Waals surface area contributed by atoms with Crippen LogP contribution in [0.15, 0.2) is 36.4 Å². The molecule has 0 bridgehead atoms. The summed E-state index contributed by atoms with van der Waals surface area (Å²) in [5.41, 5.74) is 9.76. The van der Waals surface area contributed by atoms with Gasteiger partial charge in [-0.3, -0.25) is 0 Å². The molecule has 0 fully saturated rings. The molecule has 1 aromatic heterocycles. The summed E-state index contributed by atoms with van der Waals surface area (Å²) in [5, 5.41) is 0. The number of anilines is 1. The van der Waals surface area contributed by atoms with Gasteiger partial charge in [0.1, 0.15) is 5.82 Å². The molecule has 0 saturated heterocycles. The summed E-state index contributed by atoms with van der Waals surface area (Å²) < 4.78 is 2.12. The molecular formula is C11H10N2. The summed E-state index contributed by atoms with van der Waals surface area (Å²) in [6, 6.07) is 12.4. The molecule has 0 amide bonds. The van der Waals surface area contributed by atoms with Crippen LogP contribution >= 0.6 is 0 Å². The van der Waals surface area contributed by atoms with E-state index in [4.69, 9.17) is 5.73 Å². The zero-order valence-corrected chi connectivity index (χ0v) is 7.20. The lowest BCUT2D eigenvalue weighted by Crippen LogP contribution is -1.97. The van der Waals surface area contributed by atoms with Crippen molar-refractivity contribution in [1.29, 1.82) is 0 Å². The molecule has 0 unspecified atom stereocenters. The molecule has 64 valence electrons. The van der Waals surface area contributed by atoms with Crippen LogP contribution < -0.4 is 5.73 Å². The number of fused-ring (bicyclic) bond motifs is 3. The quantitative estimate of drug-likeness (QED) is 0.549. The van der Waals surface area contributed by atoms with Crippen molar-refractivity contribution in [3.05, 3.63) is 47.7 Å². The monoisotopic (exact) mass is 170 g/mol. The van der Waals surface area contributed by atoms with E-state index in [-0.39, 0.29) is 0 Å². The maximum absolute atomic E-state index is 5.87. The summed E-state index contributed by atoms with van der Waals surface area (Å²) in [5.74, 6) is 0.833. The average Bonchev–Trinajstić information content (AvgIpc) is 2.66. The first-order valence-electron chi connectivity index (χ1n) is 4.40. The Morgan fingerprint density at radius 3 is 2.85 bits per heavy atom. The number of para-hydroxylation sites is 1. The van der Waals surface area contributed by atoms with Crippen molar-refractivity contribution in [2.24, 2.45) is 0 Å². The fourth-order valence-electron chi connectivity index (χ4n) is 2.00. The number of benzene rings is 1. The van der Waals surface area contributed by atoms with E-state index >= 15 is 0 Å². The van der Waals surface area contributed by atoms with Gasteiger partial charge in [-0.2, -0.15) is 0 Å². The normalized spacial score (nSPS) is 12.6. The van der Waals surface area contributed by atoms with Crippen LogP contribution in [-0.2, 0) is 6.42 Å². The molecule has 3 rings (SSSR count). The van der Waals surface area contributed by atoms with Gasteiger partial charge in [-0.1, -0.05) is 18.2 Å². The Kier molecular flexibility index (Phi) is 1.13. The molecule has 1 aliphatic rings. The molecule has 0 atom stereocenters. The molecule has 2 aromatic rings. The smallest absolute Gasteiger partial charge is 0.108 e. The maximum Gasteiger partial charge on any atom is 0.108 e. The first kappa shape index (κ1) is 6.78. The number of rotatable bonds is 0. The molecule has 2 heterocycles. The van der Waals surface area contributed by atoms with Gasteiger partial charge in [-0.05, 0) is 23.8 Å². The number of hydrogen-bond donors (Lipinski definition) is 1. The number of nitrogens with zero attached hydrogens (tertiary/aromatic N) is 1. The van der Waals surface area contributed by atoms with Crippen LogP contribution in [0.25, 0.3) is 5.69 Å². The Hall–Kier alpha value is -1.70. The van der Waals surface area contributed by atoms with Gasteiger partial charge in [-0.25, -0.2) is 0 Å². The van der Waals surface area contributed by atoms with Crippen molar-refractivity contribution in [3.8, 4) is 5.69 Å². The minimum absolute atomic E-state index is 0.833. The molecule has 1 aromatic carbocycles. The number of aromatic nitrogens is 1. The minimum Gasteiger partial charge on any atom is -0.385 e. The lowest BCUT2D eigenvalue weighted by atomic mass is 10.1. The third-order valence-corrected chi connectivity index (χ3v) is 2.60. The molecule has 2 nitrogen and oxygen atoms in total. The second kappa shape index (κ2) is 2.16. The molecule has 13 heavy (non-hydrogen) atoms. The topological polar surface area (TPSA) is 30.9 Å². The highest BCUT2D eigenvalue weighted by Crippen LogP contribution is 2.30. The fraction of sp³-hybridized carbons (Fsp3) is 0.0909. The highest BCUT2D eigenvalue weighted by atomic mass is 15.1. The molecule has 0 saturated carbocycles. The molecule has 1 aliphatic heterocycles. The van der Waals surface area contributed by atoms with Gasteiger partial charge in [-0.15, -0.1) is 0 Å². The Labute approximate surface area is 76.6 Å². The van der Waals surface area contributed by atoms with E-state index in [0.29, 0.717) is 0 Å². The van der Waals surface area contributed by atoms with Crippen molar-refractivity contribution in [2.45, 2.75) is 6.42 Å². The number of nitrogen functional groups attached to an aromatic ring is 1. The lowest BCUT2D eigenvalue weighted by Gasteiger charge is -2.03. The van der Waals surface area contributed by atoms with Crippen molar-refractivity contribution in [1.82, 2.24) is 4.57 Å². The second-order valence-corrected chi connectivity index (χ2v) is 3.39. The highest BCUT2D eigenvalue weighted by Gasteiger charge is 2.18. The van der Waals surface area contributed by atoms with Crippen molar-refractivity contribution in [2.75, 3.05) is 5.73 Å². The molecule has 0 radical (unpaired) electrons. The third kappa shape index (κ3) is 0.773. The van der Waals surface area contributed by atoms with Crippen LogP contribution in [0.4, 0.5) is 5.82 Å². The van der Waals surface area contributed by atoms with E-state index in [1.54, 1.807) is 0 Å². The van der Waals surface area contributed by atoms with Gasteiger partial charge in [0.2, 0.25) is 0 Å². The summed E-state index contributed by atoms with van der Waals surface area (Å²) in [7, 11) is 0. The fourth-order valence-corrected chi connectivity index (χ4v) is 2.00. The summed E-state index contributed by atoms with van der Waals surface area (Å²) in [6.07, 6.45) is 1.01. The molecule has 2 N–H and O–H groups in total. The van der Waals surface area contributed by atoms with Gasteiger partial charge >= 0.3 is 0 Å². The largest absolute Gasteiger partial charge is 0.385 e. The van der Waals surface area contributed by atoms with E-state index in [9.17, 15) is 0 Å².